The van der Waals surface area contributed by atoms with Crippen molar-refractivity contribution < 1.29 is 4.79 Å². The lowest BCUT2D eigenvalue weighted by molar-refractivity contribution is -0.132. The first-order valence-corrected chi connectivity index (χ1v) is 8.04. The maximum absolute atomic E-state index is 12.5. The maximum atomic E-state index is 12.5. The lowest BCUT2D eigenvalue weighted by atomic mass is 9.95. The molecule has 3 heteroatoms. The van der Waals surface area contributed by atoms with E-state index in [4.69, 9.17) is 5.73 Å². The highest BCUT2D eigenvalue weighted by Crippen LogP contribution is 2.17. The summed E-state index contributed by atoms with van der Waals surface area (Å²) in [6.07, 6.45) is 2.59. The molecular weight excluding hydrogens is 260 g/mol. The van der Waals surface area contributed by atoms with Crippen LogP contribution < -0.4 is 5.73 Å². The van der Waals surface area contributed by atoms with Gasteiger partial charge in [0.1, 0.15) is 0 Å². The normalized spacial score (nSPS) is 12.4. The van der Waals surface area contributed by atoms with Crippen LogP contribution in [0.1, 0.15) is 45.6 Å². The van der Waals surface area contributed by atoms with Crippen LogP contribution in [-0.2, 0) is 11.3 Å². The van der Waals surface area contributed by atoms with Crippen LogP contribution in [0.2, 0.25) is 0 Å². The number of carbonyl (C=O) groups excluding carboxylic acids is 1. The molecule has 1 atom stereocenters. The molecule has 1 aromatic rings. The van der Waals surface area contributed by atoms with Gasteiger partial charge in [-0.25, -0.2) is 0 Å². The Morgan fingerprint density at radius 2 is 1.86 bits per heavy atom. The topological polar surface area (TPSA) is 46.3 Å². The van der Waals surface area contributed by atoms with Gasteiger partial charge in [0, 0.05) is 19.5 Å². The van der Waals surface area contributed by atoms with Gasteiger partial charge in [0.2, 0.25) is 5.91 Å². The number of benzene rings is 1. The largest absolute Gasteiger partial charge is 0.338 e. The van der Waals surface area contributed by atoms with E-state index >= 15 is 0 Å². The summed E-state index contributed by atoms with van der Waals surface area (Å²) in [6, 6.07) is 10.2. The molecule has 3 nitrogen and oxygen atoms in total. The number of nitrogens with two attached hydrogens (primary N) is 1. The SMILES string of the molecule is CC(C)CC(C)CC(=O)N(CCCN)Cc1ccccc1. The summed E-state index contributed by atoms with van der Waals surface area (Å²) < 4.78 is 0. The van der Waals surface area contributed by atoms with E-state index in [9.17, 15) is 4.79 Å². The van der Waals surface area contributed by atoms with E-state index in [2.05, 4.69) is 32.9 Å². The van der Waals surface area contributed by atoms with E-state index in [1.807, 2.05) is 23.1 Å². The van der Waals surface area contributed by atoms with Crippen LogP contribution in [0.5, 0.6) is 0 Å². The zero-order valence-electron chi connectivity index (χ0n) is 13.7. The zero-order chi connectivity index (χ0) is 15.7. The third kappa shape index (κ3) is 7.28. The lowest BCUT2D eigenvalue weighted by Crippen LogP contribution is -2.33. The lowest BCUT2D eigenvalue weighted by Gasteiger charge is -2.25. The van der Waals surface area contributed by atoms with Crippen molar-refractivity contribution in [2.75, 3.05) is 13.1 Å². The summed E-state index contributed by atoms with van der Waals surface area (Å²) in [5.74, 6) is 1.33. The Morgan fingerprint density at radius 1 is 1.19 bits per heavy atom. The molecule has 1 rings (SSSR count). The quantitative estimate of drug-likeness (QED) is 0.757. The van der Waals surface area contributed by atoms with E-state index in [1.165, 1.54) is 5.56 Å². The average Bonchev–Trinajstić information content (AvgIpc) is 2.43. The number of amides is 1. The fourth-order valence-electron chi connectivity index (χ4n) is 2.69. The molecule has 0 aromatic heterocycles. The Kier molecular flexibility index (Phi) is 8.06. The molecule has 0 saturated carbocycles. The van der Waals surface area contributed by atoms with Gasteiger partial charge in [0.25, 0.3) is 0 Å². The van der Waals surface area contributed by atoms with Crippen molar-refractivity contribution in [3.63, 3.8) is 0 Å². The molecule has 1 aromatic carbocycles. The van der Waals surface area contributed by atoms with Gasteiger partial charge in [-0.2, -0.15) is 0 Å². The van der Waals surface area contributed by atoms with Crippen LogP contribution in [0.25, 0.3) is 0 Å². The smallest absolute Gasteiger partial charge is 0.223 e. The van der Waals surface area contributed by atoms with Gasteiger partial charge >= 0.3 is 0 Å². The van der Waals surface area contributed by atoms with E-state index < -0.39 is 0 Å². The molecule has 0 aliphatic heterocycles. The molecule has 1 unspecified atom stereocenters. The Morgan fingerprint density at radius 3 is 2.43 bits per heavy atom. The van der Waals surface area contributed by atoms with Gasteiger partial charge in [-0.1, -0.05) is 51.1 Å². The van der Waals surface area contributed by atoms with Gasteiger partial charge in [0.15, 0.2) is 0 Å². The summed E-state index contributed by atoms with van der Waals surface area (Å²) >= 11 is 0. The number of rotatable bonds is 9. The zero-order valence-corrected chi connectivity index (χ0v) is 13.7. The summed E-state index contributed by atoms with van der Waals surface area (Å²) in [7, 11) is 0. The monoisotopic (exact) mass is 290 g/mol. The van der Waals surface area contributed by atoms with E-state index in [0.717, 1.165) is 19.4 Å². The Labute approximate surface area is 129 Å². The van der Waals surface area contributed by atoms with Crippen molar-refractivity contribution in [3.05, 3.63) is 35.9 Å². The van der Waals surface area contributed by atoms with Crippen molar-refractivity contribution >= 4 is 5.91 Å². The first-order chi connectivity index (χ1) is 10.0. The van der Waals surface area contributed by atoms with Gasteiger partial charge in [0.05, 0.1) is 0 Å². The second-order valence-electron chi connectivity index (χ2n) is 6.38. The minimum atomic E-state index is 0.250. The van der Waals surface area contributed by atoms with Crippen LogP contribution in [0.15, 0.2) is 30.3 Å². The van der Waals surface area contributed by atoms with Crippen molar-refractivity contribution in [2.45, 2.75) is 46.6 Å². The maximum Gasteiger partial charge on any atom is 0.223 e. The highest BCUT2D eigenvalue weighted by molar-refractivity contribution is 5.76. The molecule has 118 valence electrons. The molecule has 0 fully saturated rings. The molecule has 0 heterocycles. The molecule has 0 bridgehead atoms. The highest BCUT2D eigenvalue weighted by Gasteiger charge is 2.17. The average molecular weight is 290 g/mol. The van der Waals surface area contributed by atoms with Crippen LogP contribution in [-0.4, -0.2) is 23.9 Å². The molecule has 0 spiro atoms. The summed E-state index contributed by atoms with van der Waals surface area (Å²) in [6.45, 7) is 8.64. The molecule has 2 N–H and O–H groups in total. The predicted molar refractivity (Wildman–Crippen MR) is 88.8 cm³/mol. The van der Waals surface area contributed by atoms with E-state index in [0.29, 0.717) is 31.3 Å². The standard InChI is InChI=1S/C18H30N2O/c1-15(2)12-16(3)13-18(21)20(11-7-10-19)14-17-8-5-4-6-9-17/h4-6,8-9,15-16H,7,10-14,19H2,1-3H3. The predicted octanol–water partition coefficient (Wildman–Crippen LogP) is 3.44. The summed E-state index contributed by atoms with van der Waals surface area (Å²) in [5.41, 5.74) is 6.78. The second kappa shape index (κ2) is 9.56. The molecule has 21 heavy (non-hydrogen) atoms. The minimum absolute atomic E-state index is 0.250. The number of hydrogen-bond acceptors (Lipinski definition) is 2. The highest BCUT2D eigenvalue weighted by atomic mass is 16.2. The Bertz CT molecular complexity index is 403. The first kappa shape index (κ1) is 17.7. The number of carbonyl (C=O) groups is 1. The molecule has 0 saturated heterocycles. The minimum Gasteiger partial charge on any atom is -0.338 e. The van der Waals surface area contributed by atoms with Crippen LogP contribution in [0.3, 0.4) is 0 Å². The summed E-state index contributed by atoms with van der Waals surface area (Å²) in [4.78, 5) is 14.5. The van der Waals surface area contributed by atoms with Gasteiger partial charge in [-0.3, -0.25) is 4.79 Å². The van der Waals surface area contributed by atoms with Gasteiger partial charge < -0.3 is 10.6 Å². The van der Waals surface area contributed by atoms with Crippen molar-refractivity contribution in [2.24, 2.45) is 17.6 Å². The van der Waals surface area contributed by atoms with Gasteiger partial charge in [-0.05, 0) is 36.8 Å². The molecular formula is C18H30N2O. The van der Waals surface area contributed by atoms with Crippen molar-refractivity contribution in [1.29, 1.82) is 0 Å². The fraction of sp³-hybridized carbons (Fsp3) is 0.611. The Balaban J connectivity index is 2.61. The van der Waals surface area contributed by atoms with E-state index in [-0.39, 0.29) is 5.91 Å². The molecule has 0 aliphatic rings. The van der Waals surface area contributed by atoms with Crippen molar-refractivity contribution in [1.82, 2.24) is 4.90 Å². The third-order valence-corrected chi connectivity index (χ3v) is 3.60. The molecule has 0 aliphatic carbocycles. The number of nitrogens with zero attached hydrogens (tertiary/aromatic N) is 1. The van der Waals surface area contributed by atoms with Crippen molar-refractivity contribution in [3.8, 4) is 0 Å². The summed E-state index contributed by atoms with van der Waals surface area (Å²) in [5, 5.41) is 0. The van der Waals surface area contributed by atoms with Crippen LogP contribution in [0, 0.1) is 11.8 Å². The second-order valence-corrected chi connectivity index (χ2v) is 6.38. The first-order valence-electron chi connectivity index (χ1n) is 8.04. The third-order valence-electron chi connectivity index (χ3n) is 3.60. The number of hydrogen-bond donors (Lipinski definition) is 1. The van der Waals surface area contributed by atoms with Crippen LogP contribution >= 0.6 is 0 Å². The van der Waals surface area contributed by atoms with Crippen LogP contribution in [0.4, 0.5) is 0 Å². The molecule has 0 radical (unpaired) electrons. The van der Waals surface area contributed by atoms with E-state index in [1.54, 1.807) is 0 Å². The molecule has 1 amide bonds. The Hall–Kier alpha value is -1.35. The fourth-order valence-corrected chi connectivity index (χ4v) is 2.69. The van der Waals surface area contributed by atoms with Gasteiger partial charge in [-0.15, -0.1) is 0 Å².